The highest BCUT2D eigenvalue weighted by Gasteiger charge is 2.58. The Bertz CT molecular complexity index is 1260. The van der Waals surface area contributed by atoms with Crippen LogP contribution >= 0.6 is 0 Å². The van der Waals surface area contributed by atoms with E-state index < -0.39 is 29.7 Å². The third-order valence-electron chi connectivity index (χ3n) is 7.62. The molecule has 3 amide bonds. The molecule has 1 N–H and O–H groups in total. The maximum Gasteiger partial charge on any atom is 0.423 e. The third-order valence-corrected chi connectivity index (χ3v) is 7.62. The minimum absolute atomic E-state index is 0.172. The number of aliphatic hydroxyl groups is 1. The van der Waals surface area contributed by atoms with Crippen LogP contribution in [0.2, 0.25) is 0 Å². The molecule has 0 spiro atoms. The van der Waals surface area contributed by atoms with E-state index in [0.29, 0.717) is 42.3 Å². The van der Waals surface area contributed by atoms with E-state index in [0.717, 1.165) is 28.8 Å². The van der Waals surface area contributed by atoms with Crippen LogP contribution in [0, 0.1) is 17.8 Å². The molecule has 2 aromatic rings. The number of hydrogen-bond acceptors (Lipinski definition) is 8. The molecule has 2 fully saturated rings. The van der Waals surface area contributed by atoms with Gasteiger partial charge in [0.2, 0.25) is 11.8 Å². The van der Waals surface area contributed by atoms with Gasteiger partial charge in [0.1, 0.15) is 18.1 Å². The minimum Gasteiger partial charge on any atom is -0.459 e. The fourth-order valence-corrected chi connectivity index (χ4v) is 5.93. The molecule has 4 heterocycles. The first-order valence-electron chi connectivity index (χ1n) is 12.6. The number of furan rings is 1. The van der Waals surface area contributed by atoms with Gasteiger partial charge in [0.25, 0.3) is 0 Å². The van der Waals surface area contributed by atoms with E-state index in [1.165, 1.54) is 7.11 Å². The quantitative estimate of drug-likeness (QED) is 0.442. The zero-order chi connectivity index (χ0) is 26.1. The molecule has 37 heavy (non-hydrogen) atoms. The van der Waals surface area contributed by atoms with E-state index in [9.17, 15) is 19.5 Å². The second kappa shape index (κ2) is 10.4. The van der Waals surface area contributed by atoms with Crippen molar-refractivity contribution < 1.29 is 33.4 Å². The number of fused-ring (bicyclic) bond motifs is 3. The molecule has 2 aliphatic heterocycles. The Morgan fingerprint density at radius 1 is 1.22 bits per heavy atom. The molecule has 0 aromatic carbocycles. The number of ether oxygens (including phenoxy) is 2. The first-order chi connectivity index (χ1) is 18.0. The van der Waals surface area contributed by atoms with Crippen molar-refractivity contribution in [3.8, 4) is 0 Å². The normalized spacial score (nSPS) is 25.5. The summed E-state index contributed by atoms with van der Waals surface area (Å²) in [5.74, 6) is -1.24. The highest BCUT2D eigenvalue weighted by molar-refractivity contribution is 6.16. The van der Waals surface area contributed by atoms with Gasteiger partial charge >= 0.3 is 6.09 Å². The van der Waals surface area contributed by atoms with E-state index >= 15 is 0 Å². The van der Waals surface area contributed by atoms with Crippen LogP contribution in [-0.4, -0.2) is 52.7 Å². The van der Waals surface area contributed by atoms with Crippen LogP contribution in [0.25, 0.3) is 11.6 Å². The zero-order valence-corrected chi connectivity index (χ0v) is 20.9. The van der Waals surface area contributed by atoms with Crippen LogP contribution in [0.1, 0.15) is 49.8 Å². The second-order valence-electron chi connectivity index (χ2n) is 9.54. The average molecular weight is 507 g/mol. The molecule has 2 aromatic heterocycles. The van der Waals surface area contributed by atoms with Gasteiger partial charge in [0.05, 0.1) is 37.4 Å². The number of amides is 3. The third kappa shape index (κ3) is 4.53. The number of aromatic nitrogens is 1. The van der Waals surface area contributed by atoms with Gasteiger partial charge in [0.15, 0.2) is 0 Å². The van der Waals surface area contributed by atoms with Crippen LogP contribution < -0.4 is 0 Å². The molecule has 0 radical (unpaired) electrons. The summed E-state index contributed by atoms with van der Waals surface area (Å²) in [6.07, 6.45) is 5.03. The number of methoxy groups -OCH3 is 1. The monoisotopic (exact) mass is 506 g/mol. The Hall–Kier alpha value is -3.56. The fraction of sp³-hybridized carbons (Fsp3) is 0.429. The molecule has 9 nitrogen and oxygen atoms in total. The van der Waals surface area contributed by atoms with Crippen molar-refractivity contribution in [3.63, 3.8) is 0 Å². The molecule has 9 heteroatoms. The molecular formula is C28H30N2O7. The Morgan fingerprint density at radius 2 is 2.05 bits per heavy atom. The molecule has 194 valence electrons. The first-order valence-corrected chi connectivity index (χ1v) is 12.6. The minimum atomic E-state index is -0.924. The molecule has 0 unspecified atom stereocenters. The predicted molar refractivity (Wildman–Crippen MR) is 132 cm³/mol. The Kier molecular flexibility index (Phi) is 7.08. The average Bonchev–Trinajstić information content (AvgIpc) is 3.62. The van der Waals surface area contributed by atoms with Gasteiger partial charge in [-0.2, -0.15) is 4.90 Å². The number of pyridine rings is 1. The number of allylic oxidation sites excluding steroid dienone is 2. The molecule has 5 rings (SSSR count). The summed E-state index contributed by atoms with van der Waals surface area (Å²) >= 11 is 0. The lowest BCUT2D eigenvalue weighted by molar-refractivity contribution is -0.137. The smallest absolute Gasteiger partial charge is 0.423 e. The van der Waals surface area contributed by atoms with E-state index in [4.69, 9.17) is 13.9 Å². The molecule has 3 aliphatic rings. The summed E-state index contributed by atoms with van der Waals surface area (Å²) < 4.78 is 16.6. The predicted octanol–water partition coefficient (Wildman–Crippen LogP) is 3.98. The van der Waals surface area contributed by atoms with Crippen molar-refractivity contribution in [1.82, 2.24) is 9.88 Å². The Labute approximate surface area is 214 Å². The second-order valence-corrected chi connectivity index (χ2v) is 9.54. The van der Waals surface area contributed by atoms with Gasteiger partial charge in [-0.05, 0) is 67.2 Å². The summed E-state index contributed by atoms with van der Waals surface area (Å²) in [7, 11) is 1.17. The van der Waals surface area contributed by atoms with Gasteiger partial charge < -0.3 is 19.0 Å². The number of nitrogens with zero attached hydrogens (tertiary/aromatic N) is 2. The summed E-state index contributed by atoms with van der Waals surface area (Å²) in [5.41, 5.74) is 4.00. The van der Waals surface area contributed by atoms with Crippen molar-refractivity contribution in [2.75, 3.05) is 13.7 Å². The SMILES string of the molecule is CCC1=C2[C@@H](CC/C(=C/c3ccc(CO)o3)c3ccccn3)OC[C@@H]2[C@@H]2C(=O)N(C(=O)OC)C(=O)[C@@H]2C1. The van der Waals surface area contributed by atoms with E-state index in [1.807, 2.05) is 37.3 Å². The van der Waals surface area contributed by atoms with Crippen LogP contribution in [0.15, 0.2) is 52.1 Å². The zero-order valence-electron chi connectivity index (χ0n) is 20.9. The van der Waals surface area contributed by atoms with Gasteiger partial charge in [-0.25, -0.2) is 4.79 Å². The Morgan fingerprint density at radius 3 is 2.73 bits per heavy atom. The van der Waals surface area contributed by atoms with Crippen molar-refractivity contribution in [3.05, 3.63) is 64.9 Å². The summed E-state index contributed by atoms with van der Waals surface area (Å²) in [6.45, 7) is 2.21. The van der Waals surface area contributed by atoms with E-state index in [2.05, 4.69) is 4.98 Å². The number of imide groups is 3. The van der Waals surface area contributed by atoms with Gasteiger partial charge in [0, 0.05) is 12.1 Å². The van der Waals surface area contributed by atoms with Crippen molar-refractivity contribution in [2.45, 2.75) is 45.3 Å². The van der Waals surface area contributed by atoms with E-state index in [1.54, 1.807) is 12.3 Å². The first kappa shape index (κ1) is 25.1. The van der Waals surface area contributed by atoms with Crippen molar-refractivity contribution in [2.24, 2.45) is 17.8 Å². The molecule has 0 saturated carbocycles. The van der Waals surface area contributed by atoms with Crippen LogP contribution in [-0.2, 0) is 25.7 Å². The highest BCUT2D eigenvalue weighted by Crippen LogP contribution is 2.50. The number of rotatable bonds is 7. The Balaban J connectivity index is 1.40. The number of likely N-dealkylation sites (tertiary alicyclic amines) is 1. The largest absolute Gasteiger partial charge is 0.459 e. The van der Waals surface area contributed by atoms with E-state index in [-0.39, 0.29) is 18.6 Å². The molecule has 2 saturated heterocycles. The number of carbonyl (C=O) groups is 3. The van der Waals surface area contributed by atoms with Gasteiger partial charge in [-0.3, -0.25) is 14.6 Å². The van der Waals surface area contributed by atoms with Crippen LogP contribution in [0.4, 0.5) is 4.79 Å². The standard InChI is InChI=1S/C28H30N2O7/c1-3-16-13-20-25(27(33)30(26(20)32)28(34)35-2)21-15-36-23(24(16)21)10-7-17(22-6-4-5-11-29-22)12-18-8-9-19(14-31)37-18/h4-6,8-9,11-12,20-21,23,25,31H,3,7,10,13-15H2,1-2H3/b17-12-/t20-,21+,23-,25-/m1/s1. The summed E-state index contributed by atoms with van der Waals surface area (Å²) in [5, 5.41) is 9.35. The van der Waals surface area contributed by atoms with Crippen LogP contribution in [0.3, 0.4) is 0 Å². The lowest BCUT2D eigenvalue weighted by atomic mass is 9.69. The molecule has 4 atom stereocenters. The summed E-state index contributed by atoms with van der Waals surface area (Å²) in [6, 6.07) is 9.27. The number of hydrogen-bond donors (Lipinski definition) is 1. The van der Waals surface area contributed by atoms with Crippen molar-refractivity contribution >= 4 is 29.6 Å². The van der Waals surface area contributed by atoms with Crippen LogP contribution in [0.5, 0.6) is 0 Å². The maximum absolute atomic E-state index is 13.2. The lowest BCUT2D eigenvalue weighted by Crippen LogP contribution is -2.38. The number of carbonyl (C=O) groups excluding carboxylic acids is 3. The molecule has 0 bridgehead atoms. The van der Waals surface area contributed by atoms with Gasteiger partial charge in [-0.1, -0.05) is 18.6 Å². The lowest BCUT2D eigenvalue weighted by Gasteiger charge is -2.31. The topological polar surface area (TPSA) is 119 Å². The number of aliphatic hydroxyl groups excluding tert-OH is 1. The molecule has 1 aliphatic carbocycles. The van der Waals surface area contributed by atoms with Gasteiger partial charge in [-0.15, -0.1) is 0 Å². The highest BCUT2D eigenvalue weighted by atomic mass is 16.5. The molecular weight excluding hydrogens is 476 g/mol. The maximum atomic E-state index is 13.2. The van der Waals surface area contributed by atoms with Crippen molar-refractivity contribution in [1.29, 1.82) is 0 Å². The summed E-state index contributed by atoms with van der Waals surface area (Å²) in [4.78, 5) is 43.4. The fourth-order valence-electron chi connectivity index (χ4n) is 5.93.